The maximum atomic E-state index is 14.4. The number of hydrogen-bond donors (Lipinski definition) is 1. The second-order valence-electron chi connectivity index (χ2n) is 10.7. The van der Waals surface area contributed by atoms with Gasteiger partial charge in [-0.25, -0.2) is 18.6 Å². The summed E-state index contributed by atoms with van der Waals surface area (Å²) in [4.78, 5) is 33.7. The zero-order valence-corrected chi connectivity index (χ0v) is 23.2. The molecule has 2 aromatic carbocycles. The number of aromatic nitrogens is 3. The van der Waals surface area contributed by atoms with Gasteiger partial charge in [-0.2, -0.15) is 0 Å². The molecule has 2 fully saturated rings. The van der Waals surface area contributed by atoms with Crippen molar-refractivity contribution in [3.8, 4) is 16.3 Å². The largest absolute Gasteiger partial charge is 0.414 e. The number of ether oxygens (including phenoxy) is 1. The van der Waals surface area contributed by atoms with Crippen LogP contribution in [0.3, 0.4) is 0 Å². The van der Waals surface area contributed by atoms with Crippen LogP contribution in [-0.2, 0) is 7.05 Å². The fourth-order valence-corrected chi connectivity index (χ4v) is 7.06. The molecule has 0 radical (unpaired) electrons. The smallest absolute Gasteiger partial charge is 0.389 e. The lowest BCUT2D eigenvalue weighted by atomic mass is 9.94. The van der Waals surface area contributed by atoms with Gasteiger partial charge in [0, 0.05) is 33.0 Å². The van der Waals surface area contributed by atoms with Gasteiger partial charge < -0.3 is 15.0 Å². The van der Waals surface area contributed by atoms with E-state index in [0.29, 0.717) is 11.1 Å². The summed E-state index contributed by atoms with van der Waals surface area (Å²) in [7, 11) is 1.75. The molecule has 6 rings (SSSR count). The zero-order chi connectivity index (χ0) is 28.2. The van der Waals surface area contributed by atoms with E-state index in [-0.39, 0.29) is 43.6 Å². The van der Waals surface area contributed by atoms with Crippen molar-refractivity contribution >= 4 is 34.2 Å². The third-order valence-corrected chi connectivity index (χ3v) is 8.89. The fourth-order valence-electron chi connectivity index (χ4n) is 6.15. The van der Waals surface area contributed by atoms with Crippen LogP contribution in [0, 0.1) is 25.7 Å². The summed E-state index contributed by atoms with van der Waals surface area (Å²) < 4.78 is 35.9. The highest BCUT2D eigenvalue weighted by molar-refractivity contribution is 7.15. The Morgan fingerprint density at radius 2 is 1.95 bits per heavy atom. The minimum Gasteiger partial charge on any atom is -0.389 e. The predicted octanol–water partition coefficient (Wildman–Crippen LogP) is 5.59. The highest BCUT2D eigenvalue weighted by atomic mass is 32.1. The van der Waals surface area contributed by atoms with Gasteiger partial charge in [0.2, 0.25) is 5.92 Å². The number of benzene rings is 2. The number of likely N-dealkylation sites (tertiary alicyclic amines) is 1. The molecule has 0 spiro atoms. The van der Waals surface area contributed by atoms with E-state index in [1.807, 2.05) is 56.3 Å². The Morgan fingerprint density at radius 1 is 1.15 bits per heavy atom. The molecular weight excluding hydrogens is 536 g/mol. The van der Waals surface area contributed by atoms with Crippen molar-refractivity contribution in [1.82, 2.24) is 25.0 Å². The van der Waals surface area contributed by atoms with E-state index in [1.54, 1.807) is 22.7 Å². The number of aryl methyl sites for hydroxylation is 3. The van der Waals surface area contributed by atoms with Gasteiger partial charge in [0.25, 0.3) is 11.8 Å². The van der Waals surface area contributed by atoms with Crippen molar-refractivity contribution in [2.75, 3.05) is 13.1 Å². The van der Waals surface area contributed by atoms with Gasteiger partial charge >= 0.3 is 6.09 Å². The molecule has 1 aliphatic heterocycles. The summed E-state index contributed by atoms with van der Waals surface area (Å²) in [5.41, 5.74) is 3.06. The molecule has 2 amide bonds. The third kappa shape index (κ3) is 4.83. The molecule has 0 bridgehead atoms. The number of fused-ring (bicyclic) bond motifs is 2. The topological polar surface area (TPSA) is 89.3 Å². The quantitative estimate of drug-likeness (QED) is 0.341. The molecule has 11 heteroatoms. The molecule has 1 aliphatic carbocycles. The second-order valence-corrected chi connectivity index (χ2v) is 11.9. The first-order valence-electron chi connectivity index (χ1n) is 13.2. The number of nitrogens with zero attached hydrogens (tertiary/aromatic N) is 4. The lowest BCUT2D eigenvalue weighted by molar-refractivity contribution is -0.00608. The van der Waals surface area contributed by atoms with Crippen molar-refractivity contribution in [3.05, 3.63) is 64.8 Å². The first-order chi connectivity index (χ1) is 19.1. The van der Waals surface area contributed by atoms with Gasteiger partial charge in [-0.05, 0) is 43.4 Å². The summed E-state index contributed by atoms with van der Waals surface area (Å²) in [6.07, 6.45) is -1.35. The van der Waals surface area contributed by atoms with Crippen molar-refractivity contribution < 1.29 is 23.1 Å². The highest BCUT2D eigenvalue weighted by Crippen LogP contribution is 2.50. The fraction of sp³-hybridized carbons (Fsp3) is 0.379. The minimum absolute atomic E-state index is 0.0184. The number of para-hydroxylation sites is 1. The van der Waals surface area contributed by atoms with Gasteiger partial charge in [0.05, 0.1) is 26.8 Å². The van der Waals surface area contributed by atoms with E-state index >= 15 is 0 Å². The molecule has 40 heavy (non-hydrogen) atoms. The van der Waals surface area contributed by atoms with Crippen molar-refractivity contribution in [3.63, 3.8) is 0 Å². The number of rotatable bonds is 5. The molecule has 3 atom stereocenters. The molecule has 2 aromatic heterocycles. The van der Waals surface area contributed by atoms with E-state index in [4.69, 9.17) is 4.74 Å². The maximum Gasteiger partial charge on any atom is 0.414 e. The van der Waals surface area contributed by atoms with Gasteiger partial charge in [-0.15, -0.1) is 16.4 Å². The molecule has 1 saturated heterocycles. The summed E-state index contributed by atoms with van der Waals surface area (Å²) in [5.74, 6) is -3.75. The molecule has 1 N–H and O–H groups in total. The minimum atomic E-state index is -2.79. The lowest BCUT2D eigenvalue weighted by Crippen LogP contribution is -2.47. The van der Waals surface area contributed by atoms with E-state index in [2.05, 4.69) is 15.4 Å². The van der Waals surface area contributed by atoms with Gasteiger partial charge in [0.15, 0.2) is 0 Å². The van der Waals surface area contributed by atoms with Gasteiger partial charge in [0.1, 0.15) is 5.69 Å². The van der Waals surface area contributed by atoms with Gasteiger partial charge in [-0.1, -0.05) is 42.0 Å². The number of hydrogen-bond acceptors (Lipinski definition) is 6. The SMILES string of the molecule is Cc1cccc(-c2sc(C)nc2C(=O)N2C[C@@H]3CC(F)(F)C[C@@H]3[C@H]2CNC(=O)Oc2nn(C)c3ccccc23)c1. The second kappa shape index (κ2) is 9.96. The molecule has 8 nitrogen and oxygen atoms in total. The Hall–Kier alpha value is -3.86. The Bertz CT molecular complexity index is 1620. The average Bonchev–Trinajstić information content (AvgIpc) is 3.62. The number of alkyl halides is 2. The number of amides is 2. The van der Waals surface area contributed by atoms with Crippen LogP contribution in [0.1, 0.15) is 33.9 Å². The van der Waals surface area contributed by atoms with Gasteiger partial charge in [-0.3, -0.25) is 9.48 Å². The first kappa shape index (κ1) is 26.4. The Kier molecular flexibility index (Phi) is 6.56. The van der Waals surface area contributed by atoms with E-state index in [9.17, 15) is 18.4 Å². The van der Waals surface area contributed by atoms with Crippen LogP contribution in [0.15, 0.2) is 48.5 Å². The van der Waals surface area contributed by atoms with Crippen molar-refractivity contribution in [1.29, 1.82) is 0 Å². The van der Waals surface area contributed by atoms with Crippen LogP contribution in [-0.4, -0.2) is 56.7 Å². The molecule has 1 saturated carbocycles. The summed E-state index contributed by atoms with van der Waals surface area (Å²) >= 11 is 1.43. The zero-order valence-electron chi connectivity index (χ0n) is 22.4. The molecule has 4 aromatic rings. The Morgan fingerprint density at radius 3 is 2.75 bits per heavy atom. The molecule has 3 heterocycles. The maximum absolute atomic E-state index is 14.4. The van der Waals surface area contributed by atoms with E-state index in [0.717, 1.165) is 26.5 Å². The highest BCUT2D eigenvalue weighted by Gasteiger charge is 2.56. The molecule has 0 unspecified atom stereocenters. The standard InChI is InChI=1S/C29H29F2N5O3S/c1-16-7-6-8-18(11-16)25-24(33-17(2)40-25)27(37)36-15-19-12-29(30,31)13-21(19)23(36)14-32-28(38)39-26-20-9-4-5-10-22(20)35(3)34-26/h4-11,19,21,23H,12-15H2,1-3H3,(H,32,38)/t19-,21-,23+/m0/s1. The Labute approximate surface area is 234 Å². The van der Waals surface area contributed by atoms with Crippen LogP contribution < -0.4 is 10.1 Å². The number of nitrogens with one attached hydrogen (secondary N) is 1. The lowest BCUT2D eigenvalue weighted by Gasteiger charge is -2.28. The van der Waals surface area contributed by atoms with Crippen LogP contribution in [0.25, 0.3) is 21.3 Å². The van der Waals surface area contributed by atoms with Crippen molar-refractivity contribution in [2.24, 2.45) is 18.9 Å². The average molecular weight is 566 g/mol. The molecule has 208 valence electrons. The van der Waals surface area contributed by atoms with Crippen LogP contribution in [0.5, 0.6) is 5.88 Å². The number of thiazole rings is 1. The normalized spacial score (nSPS) is 21.5. The van der Waals surface area contributed by atoms with Crippen LogP contribution in [0.2, 0.25) is 0 Å². The monoisotopic (exact) mass is 565 g/mol. The van der Waals surface area contributed by atoms with E-state index < -0.39 is 24.0 Å². The number of carbonyl (C=O) groups excluding carboxylic acids is 2. The number of carbonyl (C=O) groups is 2. The summed E-state index contributed by atoms with van der Waals surface area (Å²) in [6, 6.07) is 14.6. The van der Waals surface area contributed by atoms with Crippen LogP contribution in [0.4, 0.5) is 13.6 Å². The third-order valence-electron chi connectivity index (χ3n) is 7.87. The Balaban J connectivity index is 1.24. The predicted molar refractivity (Wildman–Crippen MR) is 148 cm³/mol. The van der Waals surface area contributed by atoms with Crippen molar-refractivity contribution in [2.45, 2.75) is 38.7 Å². The summed E-state index contributed by atoms with van der Waals surface area (Å²) in [5, 5.41) is 8.41. The molecular formula is C29H29F2N5O3S. The van der Waals surface area contributed by atoms with E-state index in [1.165, 1.54) is 11.3 Å². The molecule has 2 aliphatic rings. The first-order valence-corrected chi connectivity index (χ1v) is 14.0. The number of halogens is 2. The van der Waals surface area contributed by atoms with Crippen LogP contribution >= 0.6 is 11.3 Å². The summed E-state index contributed by atoms with van der Waals surface area (Å²) in [6.45, 7) is 4.00.